The maximum atomic E-state index is 10.9. The number of non-ortho nitro benzene ring substituents is 1. The molecule has 0 aliphatic rings. The molecule has 6 nitrogen and oxygen atoms in total. The van der Waals surface area contributed by atoms with E-state index in [2.05, 4.69) is 4.98 Å². The first-order valence-electron chi connectivity index (χ1n) is 4.97. The Balaban J connectivity index is 2.38. The predicted molar refractivity (Wildman–Crippen MR) is 70.3 cm³/mol. The lowest BCUT2D eigenvalue weighted by atomic mass is 10.3. The van der Waals surface area contributed by atoms with Crippen LogP contribution in [0.15, 0.2) is 35.3 Å². The number of nitrogens with zero attached hydrogens (tertiary/aromatic N) is 1. The minimum atomic E-state index is -0.610. The van der Waals surface area contributed by atoms with Gasteiger partial charge in [0.25, 0.3) is 5.69 Å². The average molecular weight is 301 g/mol. The molecule has 0 spiro atoms. The van der Waals surface area contributed by atoms with E-state index in [4.69, 9.17) is 27.9 Å². The van der Waals surface area contributed by atoms with Gasteiger partial charge in [0.2, 0.25) is 5.56 Å². The first-order chi connectivity index (χ1) is 8.97. The van der Waals surface area contributed by atoms with E-state index in [1.54, 1.807) is 0 Å². The third-order valence-corrected chi connectivity index (χ3v) is 2.73. The van der Waals surface area contributed by atoms with Crippen LogP contribution in [-0.2, 0) is 0 Å². The molecule has 0 saturated carbocycles. The summed E-state index contributed by atoms with van der Waals surface area (Å²) in [6.07, 6.45) is 1.33. The van der Waals surface area contributed by atoms with Crippen LogP contribution >= 0.6 is 23.2 Å². The van der Waals surface area contributed by atoms with Gasteiger partial charge in [0, 0.05) is 24.4 Å². The van der Waals surface area contributed by atoms with Crippen molar-refractivity contribution in [3.05, 3.63) is 61.0 Å². The zero-order chi connectivity index (χ0) is 14.0. The molecular formula is C11H6Cl2N2O4. The highest BCUT2D eigenvalue weighted by molar-refractivity contribution is 6.37. The van der Waals surface area contributed by atoms with Crippen LogP contribution in [0.1, 0.15) is 0 Å². The Morgan fingerprint density at radius 2 is 1.84 bits per heavy atom. The molecule has 0 atom stereocenters. The van der Waals surface area contributed by atoms with E-state index < -0.39 is 4.92 Å². The summed E-state index contributed by atoms with van der Waals surface area (Å²) in [6.45, 7) is 0. The van der Waals surface area contributed by atoms with Gasteiger partial charge in [-0.2, -0.15) is 0 Å². The topological polar surface area (TPSA) is 85.2 Å². The largest absolute Gasteiger partial charge is 0.453 e. The highest BCUT2D eigenvalue weighted by Gasteiger charge is 2.16. The van der Waals surface area contributed by atoms with E-state index in [1.165, 1.54) is 18.3 Å². The second-order valence-electron chi connectivity index (χ2n) is 3.49. The number of aromatic nitrogens is 1. The lowest BCUT2D eigenvalue weighted by Crippen LogP contribution is -2.01. The maximum Gasteiger partial charge on any atom is 0.272 e. The molecule has 19 heavy (non-hydrogen) atoms. The van der Waals surface area contributed by atoms with Crippen molar-refractivity contribution in [1.82, 2.24) is 4.98 Å². The monoisotopic (exact) mass is 300 g/mol. The van der Waals surface area contributed by atoms with Crippen molar-refractivity contribution >= 4 is 28.9 Å². The fourth-order valence-electron chi connectivity index (χ4n) is 1.33. The smallest absolute Gasteiger partial charge is 0.272 e. The Labute approximate surface area is 116 Å². The summed E-state index contributed by atoms with van der Waals surface area (Å²) in [5.41, 5.74) is -0.517. The van der Waals surface area contributed by atoms with E-state index in [1.807, 2.05) is 0 Å². The number of ether oxygens (including phenoxy) is 1. The van der Waals surface area contributed by atoms with Crippen molar-refractivity contribution in [2.45, 2.75) is 0 Å². The van der Waals surface area contributed by atoms with E-state index >= 15 is 0 Å². The van der Waals surface area contributed by atoms with Crippen molar-refractivity contribution in [3.8, 4) is 11.5 Å². The van der Waals surface area contributed by atoms with Crippen molar-refractivity contribution < 1.29 is 9.66 Å². The van der Waals surface area contributed by atoms with Crippen LogP contribution in [-0.4, -0.2) is 9.91 Å². The maximum absolute atomic E-state index is 10.9. The van der Waals surface area contributed by atoms with Gasteiger partial charge in [-0.25, -0.2) is 0 Å². The lowest BCUT2D eigenvalue weighted by Gasteiger charge is -2.08. The standard InChI is InChI=1S/C11H6Cl2N2O4/c12-8-3-6(15(17)18)4-9(13)11(8)19-7-1-2-10(16)14-5-7/h1-5H,(H,14,16). The van der Waals surface area contributed by atoms with Gasteiger partial charge in [-0.1, -0.05) is 23.2 Å². The van der Waals surface area contributed by atoms with Crippen molar-refractivity contribution in [2.24, 2.45) is 0 Å². The molecule has 0 fully saturated rings. The number of aromatic amines is 1. The van der Waals surface area contributed by atoms with Gasteiger partial charge in [-0.15, -0.1) is 0 Å². The first kappa shape index (κ1) is 13.4. The van der Waals surface area contributed by atoms with E-state index in [0.29, 0.717) is 5.75 Å². The summed E-state index contributed by atoms with van der Waals surface area (Å²) in [4.78, 5) is 23.3. The molecule has 0 saturated heterocycles. The Kier molecular flexibility index (Phi) is 3.73. The zero-order valence-electron chi connectivity index (χ0n) is 9.22. The molecule has 1 aromatic carbocycles. The molecule has 0 aliphatic carbocycles. The van der Waals surface area contributed by atoms with Gasteiger partial charge >= 0.3 is 0 Å². The normalized spacial score (nSPS) is 10.2. The number of halogens is 2. The molecule has 0 radical (unpaired) electrons. The SMILES string of the molecule is O=c1ccc(Oc2c(Cl)cc([N+](=O)[O-])cc2Cl)c[nH]1. The Hall–Kier alpha value is -2.05. The van der Waals surface area contributed by atoms with Gasteiger partial charge < -0.3 is 9.72 Å². The summed E-state index contributed by atoms with van der Waals surface area (Å²) in [6, 6.07) is 4.96. The molecule has 0 amide bonds. The van der Waals surface area contributed by atoms with Crippen molar-refractivity contribution in [1.29, 1.82) is 0 Å². The van der Waals surface area contributed by atoms with Crippen LogP contribution in [0.3, 0.4) is 0 Å². The zero-order valence-corrected chi connectivity index (χ0v) is 10.7. The van der Waals surface area contributed by atoms with Crippen LogP contribution in [0, 0.1) is 10.1 Å². The molecule has 1 heterocycles. The number of H-pyrrole nitrogens is 1. The molecule has 1 N–H and O–H groups in total. The second kappa shape index (κ2) is 5.29. The van der Waals surface area contributed by atoms with Crippen LogP contribution in [0.4, 0.5) is 5.69 Å². The van der Waals surface area contributed by atoms with Crippen LogP contribution < -0.4 is 10.3 Å². The number of hydrogen-bond acceptors (Lipinski definition) is 4. The summed E-state index contributed by atoms with van der Waals surface area (Å²) < 4.78 is 5.37. The molecular weight excluding hydrogens is 295 g/mol. The third kappa shape index (κ3) is 3.04. The van der Waals surface area contributed by atoms with Crippen LogP contribution in [0.5, 0.6) is 11.5 Å². The van der Waals surface area contributed by atoms with Crippen LogP contribution in [0.2, 0.25) is 10.0 Å². The first-order valence-corrected chi connectivity index (χ1v) is 5.73. The van der Waals surface area contributed by atoms with Gasteiger partial charge in [0.1, 0.15) is 5.75 Å². The van der Waals surface area contributed by atoms with E-state index in [-0.39, 0.29) is 27.0 Å². The summed E-state index contributed by atoms with van der Waals surface area (Å²) in [7, 11) is 0. The molecule has 1 aromatic heterocycles. The third-order valence-electron chi connectivity index (χ3n) is 2.17. The minimum absolute atomic E-state index is 0.00500. The Morgan fingerprint density at radius 3 is 2.32 bits per heavy atom. The summed E-state index contributed by atoms with van der Waals surface area (Å²) >= 11 is 11.7. The molecule has 0 unspecified atom stereocenters. The Bertz CT molecular complexity index is 656. The highest BCUT2D eigenvalue weighted by Crippen LogP contribution is 2.38. The Morgan fingerprint density at radius 1 is 1.21 bits per heavy atom. The molecule has 0 aliphatic heterocycles. The average Bonchev–Trinajstić information content (AvgIpc) is 2.35. The second-order valence-corrected chi connectivity index (χ2v) is 4.30. The number of nitro groups is 1. The van der Waals surface area contributed by atoms with E-state index in [0.717, 1.165) is 12.1 Å². The molecule has 98 valence electrons. The van der Waals surface area contributed by atoms with Gasteiger partial charge in [-0.05, 0) is 6.07 Å². The van der Waals surface area contributed by atoms with Gasteiger partial charge in [-0.3, -0.25) is 14.9 Å². The minimum Gasteiger partial charge on any atom is -0.453 e. The van der Waals surface area contributed by atoms with Gasteiger partial charge in [0.15, 0.2) is 5.75 Å². The number of benzene rings is 1. The molecule has 8 heteroatoms. The molecule has 2 rings (SSSR count). The number of hydrogen-bond donors (Lipinski definition) is 1. The molecule has 0 bridgehead atoms. The number of nitrogens with one attached hydrogen (secondary N) is 1. The van der Waals surface area contributed by atoms with Crippen LogP contribution in [0.25, 0.3) is 0 Å². The lowest BCUT2D eigenvalue weighted by molar-refractivity contribution is -0.384. The fourth-order valence-corrected chi connectivity index (χ4v) is 1.88. The summed E-state index contributed by atoms with van der Waals surface area (Å²) in [5.74, 6) is 0.387. The number of nitro benzene ring substituents is 1. The predicted octanol–water partition coefficient (Wildman–Crippen LogP) is 3.38. The fraction of sp³-hybridized carbons (Fsp3) is 0. The quantitative estimate of drug-likeness (QED) is 0.695. The van der Waals surface area contributed by atoms with Crippen molar-refractivity contribution in [2.75, 3.05) is 0 Å². The number of rotatable bonds is 3. The van der Waals surface area contributed by atoms with Gasteiger partial charge in [0.05, 0.1) is 15.0 Å². The van der Waals surface area contributed by atoms with E-state index in [9.17, 15) is 14.9 Å². The molecule has 2 aromatic rings. The number of pyridine rings is 1. The summed E-state index contributed by atoms with van der Waals surface area (Å²) in [5, 5.41) is 10.6. The van der Waals surface area contributed by atoms with Crippen molar-refractivity contribution in [3.63, 3.8) is 0 Å². The highest BCUT2D eigenvalue weighted by atomic mass is 35.5.